The largest absolute Gasteiger partial charge is 0.344 e. The zero-order chi connectivity index (χ0) is 14.6. The molecule has 0 aromatic carbocycles. The molecule has 1 aliphatic carbocycles. The molecule has 3 atom stereocenters. The molecule has 4 nitrogen and oxygen atoms in total. The minimum Gasteiger partial charge on any atom is -0.344 e. The first-order valence-corrected chi connectivity index (χ1v) is 7.11. The van der Waals surface area contributed by atoms with E-state index >= 15 is 0 Å². The lowest BCUT2D eigenvalue weighted by molar-refractivity contribution is -0.138. The Kier molecular flexibility index (Phi) is 3.19. The van der Waals surface area contributed by atoms with Crippen LogP contribution >= 0.6 is 0 Å². The molecule has 0 spiro atoms. The number of carbonyl (C=O) groups is 2. The number of rotatable bonds is 2. The summed E-state index contributed by atoms with van der Waals surface area (Å²) in [6.45, 7) is 13.7. The second-order valence-corrected chi connectivity index (χ2v) is 7.78. The monoisotopic (exact) mass is 266 g/mol. The molecule has 1 N–H and O–H groups in total. The minimum absolute atomic E-state index is 0.0747. The van der Waals surface area contributed by atoms with Gasteiger partial charge in [0.15, 0.2) is 0 Å². The molecule has 2 fully saturated rings. The third kappa shape index (κ3) is 2.49. The van der Waals surface area contributed by atoms with Crippen LogP contribution in [0.5, 0.6) is 0 Å². The normalized spacial score (nSPS) is 29.7. The molecule has 1 saturated heterocycles. The van der Waals surface area contributed by atoms with E-state index in [0.29, 0.717) is 17.3 Å². The van der Waals surface area contributed by atoms with Crippen molar-refractivity contribution in [3.8, 4) is 0 Å². The molecule has 1 saturated carbocycles. The van der Waals surface area contributed by atoms with Crippen LogP contribution in [0.4, 0.5) is 0 Å². The number of amides is 2. The average molecular weight is 266 g/mol. The van der Waals surface area contributed by atoms with Crippen molar-refractivity contribution in [3.63, 3.8) is 0 Å². The maximum absolute atomic E-state index is 12.6. The van der Waals surface area contributed by atoms with Crippen LogP contribution in [0.25, 0.3) is 0 Å². The van der Waals surface area contributed by atoms with Gasteiger partial charge >= 0.3 is 0 Å². The zero-order valence-corrected chi connectivity index (χ0v) is 12.9. The fourth-order valence-electron chi connectivity index (χ4n) is 3.35. The van der Waals surface area contributed by atoms with E-state index in [2.05, 4.69) is 19.2 Å². The maximum Gasteiger partial charge on any atom is 0.245 e. The molecule has 2 aliphatic rings. The second kappa shape index (κ2) is 4.22. The van der Waals surface area contributed by atoms with Crippen molar-refractivity contribution >= 4 is 11.8 Å². The van der Waals surface area contributed by atoms with Crippen LogP contribution in [-0.4, -0.2) is 35.8 Å². The van der Waals surface area contributed by atoms with Crippen molar-refractivity contribution in [2.45, 2.75) is 47.6 Å². The first-order chi connectivity index (χ1) is 8.55. The Hall–Kier alpha value is -1.06. The SMILES string of the molecule is CC(=O)N[C@H](C(=O)N1C[C@@H]2[C@H](C1)C2(C)C)C(C)(C)C. The van der Waals surface area contributed by atoms with Gasteiger partial charge < -0.3 is 10.2 Å². The van der Waals surface area contributed by atoms with Crippen LogP contribution in [0.1, 0.15) is 41.5 Å². The van der Waals surface area contributed by atoms with Crippen LogP contribution in [-0.2, 0) is 9.59 Å². The summed E-state index contributed by atoms with van der Waals surface area (Å²) in [6.07, 6.45) is 0. The van der Waals surface area contributed by atoms with Gasteiger partial charge in [0, 0.05) is 20.0 Å². The van der Waals surface area contributed by atoms with Gasteiger partial charge in [-0.2, -0.15) is 0 Å². The van der Waals surface area contributed by atoms with Crippen molar-refractivity contribution in [3.05, 3.63) is 0 Å². The number of fused-ring (bicyclic) bond motifs is 1. The summed E-state index contributed by atoms with van der Waals surface area (Å²) in [7, 11) is 0. The van der Waals surface area contributed by atoms with Gasteiger partial charge in [0.2, 0.25) is 11.8 Å². The van der Waals surface area contributed by atoms with Gasteiger partial charge in [-0.05, 0) is 22.7 Å². The second-order valence-electron chi connectivity index (χ2n) is 7.78. The van der Waals surface area contributed by atoms with Gasteiger partial charge in [-0.3, -0.25) is 9.59 Å². The fourth-order valence-corrected chi connectivity index (χ4v) is 3.35. The average Bonchev–Trinajstić information content (AvgIpc) is 2.66. The van der Waals surface area contributed by atoms with E-state index in [4.69, 9.17) is 0 Å². The van der Waals surface area contributed by atoms with E-state index in [1.165, 1.54) is 6.92 Å². The number of hydrogen-bond donors (Lipinski definition) is 1. The molecule has 2 amide bonds. The molecule has 108 valence electrons. The van der Waals surface area contributed by atoms with Gasteiger partial charge in [-0.15, -0.1) is 0 Å². The van der Waals surface area contributed by atoms with Crippen molar-refractivity contribution in [2.75, 3.05) is 13.1 Å². The molecule has 0 aromatic rings. The van der Waals surface area contributed by atoms with Crippen LogP contribution in [0.2, 0.25) is 0 Å². The highest BCUT2D eigenvalue weighted by Gasteiger charge is 2.63. The van der Waals surface area contributed by atoms with Gasteiger partial charge in [0.25, 0.3) is 0 Å². The molecule has 0 bridgehead atoms. The first kappa shape index (κ1) is 14.4. The molecule has 1 heterocycles. The Balaban J connectivity index is 2.04. The molecule has 0 aromatic heterocycles. The third-order valence-electron chi connectivity index (χ3n) is 4.89. The molecule has 19 heavy (non-hydrogen) atoms. The fraction of sp³-hybridized carbons (Fsp3) is 0.867. The van der Waals surface area contributed by atoms with Crippen LogP contribution < -0.4 is 5.32 Å². The number of hydrogen-bond acceptors (Lipinski definition) is 2. The van der Waals surface area contributed by atoms with E-state index in [1.54, 1.807) is 0 Å². The highest BCUT2D eigenvalue weighted by atomic mass is 16.2. The van der Waals surface area contributed by atoms with E-state index in [-0.39, 0.29) is 17.2 Å². The molecular formula is C15H26N2O2. The van der Waals surface area contributed by atoms with Gasteiger partial charge in [0.1, 0.15) is 6.04 Å². The summed E-state index contributed by atoms with van der Waals surface area (Å²) >= 11 is 0. The lowest BCUT2D eigenvalue weighted by Gasteiger charge is -2.34. The maximum atomic E-state index is 12.6. The number of likely N-dealkylation sites (tertiary alicyclic amines) is 1. The first-order valence-electron chi connectivity index (χ1n) is 7.11. The molecule has 4 heteroatoms. The third-order valence-corrected chi connectivity index (χ3v) is 4.89. The van der Waals surface area contributed by atoms with E-state index < -0.39 is 6.04 Å². The highest BCUT2D eigenvalue weighted by Crippen LogP contribution is 2.62. The summed E-state index contributed by atoms with van der Waals surface area (Å²) in [4.78, 5) is 25.9. The molecule has 1 aliphatic heterocycles. The molecule has 2 rings (SSSR count). The smallest absolute Gasteiger partial charge is 0.245 e. The van der Waals surface area contributed by atoms with Gasteiger partial charge in [-0.25, -0.2) is 0 Å². The standard InChI is InChI=1S/C15H26N2O2/c1-9(18)16-12(14(2,3)4)13(19)17-7-10-11(8-17)15(10,5)6/h10-12H,7-8H2,1-6H3,(H,16,18)/t10-,11+,12-/m1/s1. The Labute approximate surface area is 115 Å². The predicted octanol–water partition coefficient (Wildman–Crippen LogP) is 1.65. The summed E-state index contributed by atoms with van der Waals surface area (Å²) in [5, 5.41) is 2.82. The van der Waals surface area contributed by atoms with Crippen LogP contribution in [0, 0.1) is 22.7 Å². The van der Waals surface area contributed by atoms with E-state index in [0.717, 1.165) is 13.1 Å². The number of nitrogens with zero attached hydrogens (tertiary/aromatic N) is 1. The number of carbonyl (C=O) groups excluding carboxylic acids is 2. The Morgan fingerprint density at radius 1 is 1.21 bits per heavy atom. The van der Waals surface area contributed by atoms with Crippen molar-refractivity contribution in [1.82, 2.24) is 10.2 Å². The van der Waals surface area contributed by atoms with Crippen LogP contribution in [0.3, 0.4) is 0 Å². The Morgan fingerprint density at radius 3 is 2.05 bits per heavy atom. The lowest BCUT2D eigenvalue weighted by atomic mass is 9.85. The van der Waals surface area contributed by atoms with Crippen molar-refractivity contribution in [1.29, 1.82) is 0 Å². The predicted molar refractivity (Wildman–Crippen MR) is 74.4 cm³/mol. The van der Waals surface area contributed by atoms with Gasteiger partial charge in [0.05, 0.1) is 0 Å². The quantitative estimate of drug-likeness (QED) is 0.826. The van der Waals surface area contributed by atoms with Gasteiger partial charge in [-0.1, -0.05) is 34.6 Å². The Bertz CT molecular complexity index is 395. The summed E-state index contributed by atoms with van der Waals surface area (Å²) < 4.78 is 0. The van der Waals surface area contributed by atoms with E-state index in [9.17, 15) is 9.59 Å². The van der Waals surface area contributed by atoms with Crippen LogP contribution in [0.15, 0.2) is 0 Å². The minimum atomic E-state index is -0.425. The highest BCUT2D eigenvalue weighted by molar-refractivity contribution is 5.88. The zero-order valence-electron chi connectivity index (χ0n) is 12.9. The topological polar surface area (TPSA) is 49.4 Å². The summed E-state index contributed by atoms with van der Waals surface area (Å²) in [5.74, 6) is 1.23. The van der Waals surface area contributed by atoms with Crippen molar-refractivity contribution < 1.29 is 9.59 Å². The lowest BCUT2D eigenvalue weighted by Crippen LogP contribution is -2.54. The van der Waals surface area contributed by atoms with Crippen molar-refractivity contribution in [2.24, 2.45) is 22.7 Å². The molecule has 0 unspecified atom stereocenters. The summed E-state index contributed by atoms with van der Waals surface area (Å²) in [5.41, 5.74) is 0.146. The molecular weight excluding hydrogens is 240 g/mol. The molecule has 0 radical (unpaired) electrons. The Morgan fingerprint density at radius 2 is 1.68 bits per heavy atom. The summed E-state index contributed by atoms with van der Waals surface area (Å²) in [6, 6.07) is -0.425. The number of nitrogens with one attached hydrogen (secondary N) is 1. The van der Waals surface area contributed by atoms with E-state index in [1.807, 2.05) is 25.7 Å². The number of piperidine rings is 1.